The molecular formula is C19H26N2O5. The SMILES string of the molecule is CC(C)=CC[C@]1(C(=O)O)CCCN(C(=O)c2[nH]c(C)c(C(=O)O)c2C)C1. The summed E-state index contributed by atoms with van der Waals surface area (Å²) in [6.07, 6.45) is 3.38. The first-order valence-electron chi connectivity index (χ1n) is 8.67. The highest BCUT2D eigenvalue weighted by Gasteiger charge is 2.43. The number of hydrogen-bond donors (Lipinski definition) is 3. The Balaban J connectivity index is 2.33. The fourth-order valence-electron chi connectivity index (χ4n) is 3.58. The van der Waals surface area contributed by atoms with Crippen LogP contribution in [0.25, 0.3) is 0 Å². The molecule has 0 saturated carbocycles. The lowest BCUT2D eigenvalue weighted by Gasteiger charge is -2.39. The molecule has 1 saturated heterocycles. The minimum atomic E-state index is -1.09. The number of aromatic amines is 1. The lowest BCUT2D eigenvalue weighted by atomic mass is 9.76. The Morgan fingerprint density at radius 2 is 1.88 bits per heavy atom. The zero-order valence-electron chi connectivity index (χ0n) is 15.7. The third kappa shape index (κ3) is 3.66. The minimum Gasteiger partial charge on any atom is -0.481 e. The number of H-pyrrole nitrogens is 1. The number of nitrogens with one attached hydrogen (secondary N) is 1. The summed E-state index contributed by atoms with van der Waals surface area (Å²) in [6.45, 7) is 7.62. The van der Waals surface area contributed by atoms with Gasteiger partial charge in [0, 0.05) is 18.8 Å². The lowest BCUT2D eigenvalue weighted by Crippen LogP contribution is -2.50. The lowest BCUT2D eigenvalue weighted by molar-refractivity contribution is -0.151. The van der Waals surface area contributed by atoms with Gasteiger partial charge in [-0.2, -0.15) is 0 Å². The van der Waals surface area contributed by atoms with Crippen LogP contribution in [-0.4, -0.2) is 51.0 Å². The Morgan fingerprint density at radius 1 is 1.23 bits per heavy atom. The van der Waals surface area contributed by atoms with Gasteiger partial charge in [0.25, 0.3) is 5.91 Å². The molecule has 2 heterocycles. The number of carbonyl (C=O) groups is 3. The number of carbonyl (C=O) groups excluding carboxylic acids is 1. The van der Waals surface area contributed by atoms with Gasteiger partial charge in [-0.25, -0.2) is 4.79 Å². The number of aliphatic carboxylic acids is 1. The van der Waals surface area contributed by atoms with Crippen molar-refractivity contribution in [2.45, 2.75) is 47.0 Å². The maximum atomic E-state index is 13.0. The van der Waals surface area contributed by atoms with E-state index in [1.165, 1.54) is 4.90 Å². The molecule has 1 aromatic rings. The van der Waals surface area contributed by atoms with Crippen LogP contribution in [0.5, 0.6) is 0 Å². The topological polar surface area (TPSA) is 111 Å². The van der Waals surface area contributed by atoms with E-state index < -0.39 is 17.4 Å². The van der Waals surface area contributed by atoms with Crippen molar-refractivity contribution in [3.8, 4) is 0 Å². The zero-order valence-corrected chi connectivity index (χ0v) is 15.7. The minimum absolute atomic E-state index is 0.0967. The van der Waals surface area contributed by atoms with Gasteiger partial charge in [-0.05, 0) is 52.5 Å². The molecule has 7 heteroatoms. The predicted molar refractivity (Wildman–Crippen MR) is 96.5 cm³/mol. The number of nitrogens with zero attached hydrogens (tertiary/aromatic N) is 1. The predicted octanol–water partition coefficient (Wildman–Crippen LogP) is 2.99. The molecule has 1 aromatic heterocycles. The van der Waals surface area contributed by atoms with E-state index >= 15 is 0 Å². The maximum Gasteiger partial charge on any atom is 0.337 e. The molecular weight excluding hydrogens is 336 g/mol. The third-order valence-electron chi connectivity index (χ3n) is 5.08. The highest BCUT2D eigenvalue weighted by atomic mass is 16.4. The van der Waals surface area contributed by atoms with Crippen LogP contribution < -0.4 is 0 Å². The van der Waals surface area contributed by atoms with Crippen molar-refractivity contribution in [1.82, 2.24) is 9.88 Å². The Kier molecular flexibility index (Phi) is 5.59. The molecule has 2 rings (SSSR count). The van der Waals surface area contributed by atoms with Crippen LogP contribution in [0, 0.1) is 19.3 Å². The van der Waals surface area contributed by atoms with Crippen molar-refractivity contribution < 1.29 is 24.6 Å². The van der Waals surface area contributed by atoms with E-state index in [1.54, 1.807) is 13.8 Å². The highest BCUT2D eigenvalue weighted by molar-refractivity contribution is 6.00. The van der Waals surface area contributed by atoms with Gasteiger partial charge in [0.2, 0.25) is 0 Å². The molecule has 1 aliphatic rings. The number of piperidine rings is 1. The number of likely N-dealkylation sites (tertiary alicyclic amines) is 1. The van der Waals surface area contributed by atoms with Crippen LogP contribution in [-0.2, 0) is 4.79 Å². The number of aromatic carboxylic acids is 1. The van der Waals surface area contributed by atoms with Gasteiger partial charge in [-0.1, -0.05) is 11.6 Å². The molecule has 0 radical (unpaired) electrons. The second-order valence-corrected chi connectivity index (χ2v) is 7.33. The Morgan fingerprint density at radius 3 is 2.38 bits per heavy atom. The first kappa shape index (κ1) is 19.8. The summed E-state index contributed by atoms with van der Waals surface area (Å²) >= 11 is 0. The summed E-state index contributed by atoms with van der Waals surface area (Å²) in [5.41, 5.74) is 1.16. The second-order valence-electron chi connectivity index (χ2n) is 7.33. The molecule has 0 aromatic carbocycles. The quantitative estimate of drug-likeness (QED) is 0.697. The fraction of sp³-hybridized carbons (Fsp3) is 0.526. The van der Waals surface area contributed by atoms with Crippen molar-refractivity contribution in [2.24, 2.45) is 5.41 Å². The molecule has 1 amide bonds. The van der Waals surface area contributed by atoms with Gasteiger partial charge in [-0.15, -0.1) is 0 Å². The molecule has 26 heavy (non-hydrogen) atoms. The van der Waals surface area contributed by atoms with E-state index in [0.29, 0.717) is 37.1 Å². The molecule has 7 nitrogen and oxygen atoms in total. The van der Waals surface area contributed by atoms with Crippen LogP contribution in [0.3, 0.4) is 0 Å². The summed E-state index contributed by atoms with van der Waals surface area (Å²) in [7, 11) is 0. The van der Waals surface area contributed by atoms with E-state index in [9.17, 15) is 24.6 Å². The third-order valence-corrected chi connectivity index (χ3v) is 5.08. The average molecular weight is 362 g/mol. The monoisotopic (exact) mass is 362 g/mol. The average Bonchev–Trinajstić information content (AvgIpc) is 2.86. The molecule has 1 aliphatic heterocycles. The molecule has 142 valence electrons. The fourth-order valence-corrected chi connectivity index (χ4v) is 3.58. The largest absolute Gasteiger partial charge is 0.481 e. The summed E-state index contributed by atoms with van der Waals surface area (Å²) in [6, 6.07) is 0. The van der Waals surface area contributed by atoms with E-state index in [1.807, 2.05) is 19.9 Å². The van der Waals surface area contributed by atoms with Gasteiger partial charge in [-0.3, -0.25) is 9.59 Å². The Bertz CT molecular complexity index is 773. The molecule has 0 unspecified atom stereocenters. The molecule has 1 atom stereocenters. The van der Waals surface area contributed by atoms with Crippen molar-refractivity contribution in [3.05, 3.63) is 34.2 Å². The van der Waals surface area contributed by atoms with Gasteiger partial charge in [0.1, 0.15) is 5.69 Å². The van der Waals surface area contributed by atoms with Gasteiger partial charge < -0.3 is 20.1 Å². The number of rotatable bonds is 5. The van der Waals surface area contributed by atoms with Crippen molar-refractivity contribution in [2.75, 3.05) is 13.1 Å². The van der Waals surface area contributed by atoms with Crippen molar-refractivity contribution in [3.63, 3.8) is 0 Å². The molecule has 1 fully saturated rings. The zero-order chi connectivity index (χ0) is 19.6. The van der Waals surface area contributed by atoms with E-state index in [-0.39, 0.29) is 23.7 Å². The van der Waals surface area contributed by atoms with E-state index in [2.05, 4.69) is 4.98 Å². The van der Waals surface area contributed by atoms with E-state index in [0.717, 1.165) is 5.57 Å². The second kappa shape index (κ2) is 7.35. The van der Waals surface area contributed by atoms with Gasteiger partial charge in [0.05, 0.1) is 11.0 Å². The number of aryl methyl sites for hydroxylation is 1. The van der Waals surface area contributed by atoms with Crippen LogP contribution in [0.2, 0.25) is 0 Å². The number of aromatic nitrogens is 1. The number of carboxylic acid groups (broad SMARTS) is 2. The summed E-state index contributed by atoms with van der Waals surface area (Å²) in [5.74, 6) is -2.34. The summed E-state index contributed by atoms with van der Waals surface area (Å²) in [4.78, 5) is 40.7. The standard InChI is InChI=1S/C19H26N2O5/c1-11(2)6-8-19(18(25)26)7-5-9-21(10-19)16(22)15-12(3)14(17(23)24)13(4)20-15/h6,20H,5,7-10H2,1-4H3,(H,23,24)(H,25,26)/t19-/m1/s1. The summed E-state index contributed by atoms with van der Waals surface area (Å²) in [5, 5.41) is 19.1. The van der Waals surface area contributed by atoms with Gasteiger partial charge >= 0.3 is 11.9 Å². The van der Waals surface area contributed by atoms with Crippen molar-refractivity contribution >= 4 is 17.8 Å². The number of amides is 1. The number of allylic oxidation sites excluding steroid dienone is 2. The Labute approximate surface area is 152 Å². The molecule has 0 bridgehead atoms. The van der Waals surface area contributed by atoms with Crippen LogP contribution in [0.1, 0.15) is 65.2 Å². The number of hydrogen-bond acceptors (Lipinski definition) is 3. The van der Waals surface area contributed by atoms with Gasteiger partial charge in [0.15, 0.2) is 0 Å². The number of carboxylic acids is 2. The molecule has 0 aliphatic carbocycles. The van der Waals surface area contributed by atoms with Crippen LogP contribution in [0.15, 0.2) is 11.6 Å². The Hall–Kier alpha value is -2.57. The highest BCUT2D eigenvalue weighted by Crippen LogP contribution is 2.35. The molecule has 3 N–H and O–H groups in total. The van der Waals surface area contributed by atoms with Crippen molar-refractivity contribution in [1.29, 1.82) is 0 Å². The summed E-state index contributed by atoms with van der Waals surface area (Å²) < 4.78 is 0. The maximum absolute atomic E-state index is 13.0. The van der Waals surface area contributed by atoms with Crippen LogP contribution in [0.4, 0.5) is 0 Å². The van der Waals surface area contributed by atoms with Crippen LogP contribution >= 0.6 is 0 Å². The van der Waals surface area contributed by atoms with E-state index in [4.69, 9.17) is 0 Å². The molecule has 0 spiro atoms. The smallest absolute Gasteiger partial charge is 0.337 e. The first-order valence-corrected chi connectivity index (χ1v) is 8.67. The normalized spacial score (nSPS) is 19.9. The first-order chi connectivity index (χ1) is 12.1.